The Hall–Kier alpha value is -3.35. The summed E-state index contributed by atoms with van der Waals surface area (Å²) >= 11 is 0. The van der Waals surface area contributed by atoms with Gasteiger partial charge in [0.1, 0.15) is 18.6 Å². The largest absolute Gasteiger partial charge is 0.374 e. The SMILES string of the molecule is N#CC1=NCC(=C2CNC(NC(=O)C3CC3)=CN2)C=C1NCC(=O)N1CCCC1CF. The molecule has 4 aliphatic rings. The first-order chi connectivity index (χ1) is 15.1. The summed E-state index contributed by atoms with van der Waals surface area (Å²) in [6, 6.07) is 1.70. The summed E-state index contributed by atoms with van der Waals surface area (Å²) in [6.07, 6.45) is 6.87. The second-order valence-electron chi connectivity index (χ2n) is 8.05. The van der Waals surface area contributed by atoms with Crippen molar-refractivity contribution in [1.29, 1.82) is 5.26 Å². The van der Waals surface area contributed by atoms with Gasteiger partial charge in [-0.2, -0.15) is 5.26 Å². The first-order valence-electron chi connectivity index (χ1n) is 10.6. The van der Waals surface area contributed by atoms with Gasteiger partial charge < -0.3 is 26.2 Å². The number of rotatable bonds is 6. The van der Waals surface area contributed by atoms with E-state index >= 15 is 0 Å². The number of halogens is 1. The fraction of sp³-hybridized carbons (Fsp3) is 0.524. The van der Waals surface area contributed by atoms with Crippen LogP contribution in [0.5, 0.6) is 0 Å². The van der Waals surface area contributed by atoms with E-state index in [-0.39, 0.29) is 36.0 Å². The molecule has 2 amide bonds. The minimum atomic E-state index is -0.537. The van der Waals surface area contributed by atoms with Crippen molar-refractivity contribution in [3.05, 3.63) is 35.1 Å². The molecular weight excluding hydrogens is 401 g/mol. The van der Waals surface area contributed by atoms with E-state index in [1.54, 1.807) is 17.2 Å². The molecule has 4 N–H and O–H groups in total. The average Bonchev–Trinajstić information content (AvgIpc) is 3.55. The van der Waals surface area contributed by atoms with Crippen molar-refractivity contribution < 1.29 is 14.0 Å². The maximum absolute atomic E-state index is 13.1. The number of carbonyl (C=O) groups is 2. The normalized spacial score (nSPS) is 25.4. The van der Waals surface area contributed by atoms with Crippen molar-refractivity contribution in [1.82, 2.24) is 26.2 Å². The lowest BCUT2D eigenvalue weighted by molar-refractivity contribution is -0.131. The third-order valence-corrected chi connectivity index (χ3v) is 5.83. The molecule has 9 nitrogen and oxygen atoms in total. The van der Waals surface area contributed by atoms with Crippen molar-refractivity contribution in [2.24, 2.45) is 10.9 Å². The molecule has 2 fully saturated rings. The van der Waals surface area contributed by atoms with Crippen molar-refractivity contribution in [3.8, 4) is 6.07 Å². The third-order valence-electron chi connectivity index (χ3n) is 5.83. The van der Waals surface area contributed by atoms with Gasteiger partial charge in [0.25, 0.3) is 0 Å². The summed E-state index contributed by atoms with van der Waals surface area (Å²) in [5, 5.41) is 21.6. The number of likely N-dealkylation sites (tertiary alicyclic amines) is 1. The molecule has 31 heavy (non-hydrogen) atoms. The van der Waals surface area contributed by atoms with Crippen LogP contribution in [-0.4, -0.2) is 61.3 Å². The molecular formula is C21H26FN7O2. The van der Waals surface area contributed by atoms with E-state index < -0.39 is 6.67 Å². The fourth-order valence-electron chi connectivity index (χ4n) is 3.86. The lowest BCUT2D eigenvalue weighted by Crippen LogP contribution is -2.42. The number of hydrogen-bond acceptors (Lipinski definition) is 7. The first-order valence-corrected chi connectivity index (χ1v) is 10.6. The molecule has 0 aromatic carbocycles. The highest BCUT2D eigenvalue weighted by Gasteiger charge is 2.31. The van der Waals surface area contributed by atoms with Crippen molar-refractivity contribution in [2.45, 2.75) is 31.7 Å². The van der Waals surface area contributed by atoms with E-state index in [1.807, 2.05) is 0 Å². The van der Waals surface area contributed by atoms with Gasteiger partial charge in [0.05, 0.1) is 31.4 Å². The summed E-state index contributed by atoms with van der Waals surface area (Å²) in [6.45, 7) is 0.807. The van der Waals surface area contributed by atoms with Gasteiger partial charge >= 0.3 is 0 Å². The molecule has 1 atom stereocenters. The first kappa shape index (κ1) is 20.9. The standard InChI is InChI=1S/C21H26FN7O2/c22-7-15-2-1-5-29(15)20(30)12-26-16-6-14(9-24-17(16)8-23)18-10-27-19(11-25-18)28-21(31)13-3-4-13/h6,11,13,15,25-27H,1-5,7,9-10,12H2,(H,28,31). The van der Waals surface area contributed by atoms with E-state index in [2.05, 4.69) is 32.3 Å². The Morgan fingerprint density at radius 2 is 2.19 bits per heavy atom. The molecule has 1 unspecified atom stereocenters. The molecule has 1 saturated heterocycles. The number of nitrogens with one attached hydrogen (secondary N) is 4. The quantitative estimate of drug-likeness (QED) is 0.480. The van der Waals surface area contributed by atoms with Crippen molar-refractivity contribution in [3.63, 3.8) is 0 Å². The number of hydrogen-bond donors (Lipinski definition) is 4. The number of dihydropyridines is 1. The zero-order valence-corrected chi connectivity index (χ0v) is 17.2. The highest BCUT2D eigenvalue weighted by atomic mass is 19.1. The number of alkyl halides is 1. The monoisotopic (exact) mass is 427 g/mol. The van der Waals surface area contributed by atoms with Gasteiger partial charge in [-0.15, -0.1) is 0 Å². The maximum Gasteiger partial charge on any atom is 0.242 e. The lowest BCUT2D eigenvalue weighted by atomic mass is 10.1. The zero-order chi connectivity index (χ0) is 21.8. The Morgan fingerprint density at radius 1 is 1.35 bits per heavy atom. The molecule has 10 heteroatoms. The summed E-state index contributed by atoms with van der Waals surface area (Å²) in [4.78, 5) is 30.2. The van der Waals surface area contributed by atoms with Gasteiger partial charge in [-0.3, -0.25) is 14.6 Å². The van der Waals surface area contributed by atoms with E-state index in [0.717, 1.165) is 30.5 Å². The molecule has 0 aromatic rings. The second-order valence-corrected chi connectivity index (χ2v) is 8.05. The smallest absolute Gasteiger partial charge is 0.242 e. The van der Waals surface area contributed by atoms with Crippen LogP contribution in [0.4, 0.5) is 4.39 Å². The molecule has 0 aromatic heterocycles. The van der Waals surface area contributed by atoms with Crippen LogP contribution < -0.4 is 21.3 Å². The number of amides is 2. The van der Waals surface area contributed by atoms with E-state index in [4.69, 9.17) is 0 Å². The zero-order valence-electron chi connectivity index (χ0n) is 17.2. The molecule has 0 spiro atoms. The van der Waals surface area contributed by atoms with Crippen LogP contribution in [0.1, 0.15) is 25.7 Å². The summed E-state index contributed by atoms with van der Waals surface area (Å²) in [5.74, 6) is 0.593. The minimum Gasteiger partial charge on any atom is -0.374 e. The van der Waals surface area contributed by atoms with Crippen molar-refractivity contribution >= 4 is 17.5 Å². The Morgan fingerprint density at radius 3 is 2.87 bits per heavy atom. The fourth-order valence-corrected chi connectivity index (χ4v) is 3.86. The van der Waals surface area contributed by atoms with Gasteiger partial charge in [-0.25, -0.2) is 4.39 Å². The third kappa shape index (κ3) is 4.87. The molecule has 3 heterocycles. The van der Waals surface area contributed by atoms with E-state index in [0.29, 0.717) is 37.6 Å². The second kappa shape index (κ2) is 9.20. The highest BCUT2D eigenvalue weighted by molar-refractivity contribution is 6.12. The lowest BCUT2D eigenvalue weighted by Gasteiger charge is -2.25. The molecule has 1 aliphatic carbocycles. The minimum absolute atomic E-state index is 0.0193. The van der Waals surface area contributed by atoms with Crippen LogP contribution >= 0.6 is 0 Å². The van der Waals surface area contributed by atoms with Gasteiger partial charge in [-0.1, -0.05) is 0 Å². The van der Waals surface area contributed by atoms with Crippen molar-refractivity contribution in [2.75, 3.05) is 32.9 Å². The van der Waals surface area contributed by atoms with Gasteiger partial charge in [0.15, 0.2) is 5.71 Å². The topological polar surface area (TPSA) is 122 Å². The Labute approximate surface area is 180 Å². The van der Waals surface area contributed by atoms with Gasteiger partial charge in [-0.05, 0) is 37.3 Å². The van der Waals surface area contributed by atoms with E-state index in [9.17, 15) is 19.2 Å². The molecule has 4 rings (SSSR count). The predicted molar refractivity (Wildman–Crippen MR) is 112 cm³/mol. The van der Waals surface area contributed by atoms with Crippen LogP contribution in [-0.2, 0) is 9.59 Å². The molecule has 164 valence electrons. The van der Waals surface area contributed by atoms with Crippen LogP contribution in [0.25, 0.3) is 0 Å². The maximum atomic E-state index is 13.1. The van der Waals surface area contributed by atoms with Gasteiger partial charge in [0.2, 0.25) is 11.8 Å². The number of nitrogens with zero attached hydrogens (tertiary/aromatic N) is 3. The summed E-state index contributed by atoms with van der Waals surface area (Å²) in [5.41, 5.74) is 2.44. The van der Waals surface area contributed by atoms with Crippen LogP contribution in [0.2, 0.25) is 0 Å². The Bertz CT molecular complexity index is 927. The molecule has 1 saturated carbocycles. The summed E-state index contributed by atoms with van der Waals surface area (Å²) < 4.78 is 13.1. The number of carbonyl (C=O) groups excluding carboxylic acids is 2. The predicted octanol–water partition coefficient (Wildman–Crippen LogP) is 0.171. The number of aliphatic imine (C=N–C) groups is 1. The van der Waals surface area contributed by atoms with Crippen LogP contribution in [0, 0.1) is 17.2 Å². The molecule has 0 radical (unpaired) electrons. The Kier molecular flexibility index (Phi) is 6.21. The highest BCUT2D eigenvalue weighted by Crippen LogP contribution is 2.29. The summed E-state index contributed by atoms with van der Waals surface area (Å²) in [7, 11) is 0. The molecule has 0 bridgehead atoms. The van der Waals surface area contributed by atoms with Crippen LogP contribution in [0.3, 0.4) is 0 Å². The Balaban J connectivity index is 1.40. The number of nitriles is 1. The van der Waals surface area contributed by atoms with Crippen LogP contribution in [0.15, 0.2) is 40.1 Å². The van der Waals surface area contributed by atoms with E-state index in [1.165, 1.54) is 0 Å². The average molecular weight is 427 g/mol. The number of allylic oxidation sites excluding steroid dienone is 1. The van der Waals surface area contributed by atoms with Gasteiger partial charge in [0, 0.05) is 24.4 Å². The molecule has 3 aliphatic heterocycles.